The second-order valence-corrected chi connectivity index (χ2v) is 13.3. The van der Waals surface area contributed by atoms with Gasteiger partial charge in [0.1, 0.15) is 11.0 Å². The van der Waals surface area contributed by atoms with Crippen LogP contribution in [0.1, 0.15) is 12.5 Å². The second kappa shape index (κ2) is 12.5. The van der Waals surface area contributed by atoms with Crippen LogP contribution in [-0.4, -0.2) is 0 Å². The molecule has 0 atom stereocenters. The minimum Gasteiger partial charge on any atom is -0.456 e. The molecule has 0 amide bonds. The van der Waals surface area contributed by atoms with E-state index in [4.69, 9.17) is 17.0 Å². The van der Waals surface area contributed by atoms with Crippen LogP contribution in [0.25, 0.3) is 78.4 Å². The Kier molecular flexibility index (Phi) is 7.49. The van der Waals surface area contributed by atoms with Crippen LogP contribution in [0.15, 0.2) is 173 Å². The first-order valence-electron chi connectivity index (χ1n) is 16.9. The third-order valence-electron chi connectivity index (χ3n) is 9.64. The van der Waals surface area contributed by atoms with Gasteiger partial charge < -0.3 is 9.73 Å². The summed E-state index contributed by atoms with van der Waals surface area (Å²) in [5.74, 6) is 0. The SMILES string of the molecule is C/C1=c2\c(oc3cccc(-c4cccc(-c5ccc(-c6ccccc6)cc5)c4)c23)=Cc2cc(-c3ccccc3S)cc(c2)-c2ccccc2N1. The van der Waals surface area contributed by atoms with Gasteiger partial charge in [-0.3, -0.25) is 0 Å². The first-order chi connectivity index (χ1) is 24.6. The Labute approximate surface area is 297 Å². The van der Waals surface area contributed by atoms with Gasteiger partial charge in [-0.05, 0) is 111 Å². The van der Waals surface area contributed by atoms with Crippen LogP contribution in [0.4, 0.5) is 5.69 Å². The maximum atomic E-state index is 6.75. The summed E-state index contributed by atoms with van der Waals surface area (Å²) >= 11 is 4.81. The van der Waals surface area contributed by atoms with E-state index < -0.39 is 0 Å². The zero-order valence-corrected chi connectivity index (χ0v) is 28.4. The van der Waals surface area contributed by atoms with Gasteiger partial charge in [-0.25, -0.2) is 0 Å². The van der Waals surface area contributed by atoms with E-state index >= 15 is 0 Å². The monoisotopic (exact) mass is 659 g/mol. The number of fused-ring (bicyclic) bond motifs is 7. The third-order valence-corrected chi connectivity index (χ3v) is 10.0. The van der Waals surface area contributed by atoms with Crippen molar-refractivity contribution in [1.29, 1.82) is 0 Å². The summed E-state index contributed by atoms with van der Waals surface area (Å²) in [6.07, 6.45) is 2.18. The van der Waals surface area contributed by atoms with Gasteiger partial charge in [-0.2, -0.15) is 0 Å². The molecule has 7 aromatic carbocycles. The minimum atomic E-state index is 0.826. The van der Waals surface area contributed by atoms with Crippen LogP contribution in [-0.2, 0) is 0 Å². The molecule has 1 aromatic heterocycles. The van der Waals surface area contributed by atoms with Gasteiger partial charge in [0.2, 0.25) is 0 Å². The molecule has 2 heterocycles. The molecule has 0 fully saturated rings. The van der Waals surface area contributed by atoms with Crippen molar-refractivity contribution in [3.05, 3.63) is 180 Å². The average Bonchev–Trinajstić information content (AvgIpc) is 3.53. The zero-order chi connectivity index (χ0) is 33.6. The number of anilines is 1. The Morgan fingerprint density at radius 3 is 1.86 bits per heavy atom. The molecule has 0 spiro atoms. The molecule has 2 nitrogen and oxygen atoms in total. The third kappa shape index (κ3) is 5.42. The predicted octanol–water partition coefficient (Wildman–Crippen LogP) is 11.4. The minimum absolute atomic E-state index is 0.826. The molecule has 0 saturated carbocycles. The lowest BCUT2D eigenvalue weighted by atomic mass is 9.94. The summed E-state index contributed by atoms with van der Waals surface area (Å²) in [6.45, 7) is 2.15. The molecule has 1 aliphatic heterocycles. The van der Waals surface area contributed by atoms with Gasteiger partial charge in [-0.15, -0.1) is 12.6 Å². The Balaban J connectivity index is 1.24. The smallest absolute Gasteiger partial charge is 0.137 e. The van der Waals surface area contributed by atoms with E-state index in [1.165, 1.54) is 22.3 Å². The van der Waals surface area contributed by atoms with E-state index in [1.54, 1.807) is 0 Å². The summed E-state index contributed by atoms with van der Waals surface area (Å²) in [5.41, 5.74) is 16.4. The quantitative estimate of drug-likeness (QED) is 0.184. The van der Waals surface area contributed by atoms with Crippen LogP contribution in [0.3, 0.4) is 0 Å². The van der Waals surface area contributed by atoms with E-state index in [9.17, 15) is 0 Å². The number of furan rings is 1. The average molecular weight is 660 g/mol. The molecular formula is C47H33NOS. The molecule has 9 rings (SSSR count). The highest BCUT2D eigenvalue weighted by Crippen LogP contribution is 2.36. The van der Waals surface area contributed by atoms with Crippen molar-refractivity contribution in [2.24, 2.45) is 0 Å². The Bertz CT molecular complexity index is 2690. The van der Waals surface area contributed by atoms with Gasteiger partial charge in [0.05, 0.1) is 0 Å². The van der Waals surface area contributed by atoms with Crippen molar-refractivity contribution in [3.63, 3.8) is 0 Å². The van der Waals surface area contributed by atoms with Gasteiger partial charge in [0.25, 0.3) is 0 Å². The summed E-state index contributed by atoms with van der Waals surface area (Å²) in [7, 11) is 0. The molecule has 238 valence electrons. The van der Waals surface area contributed by atoms with Crippen molar-refractivity contribution in [2.45, 2.75) is 11.8 Å². The number of para-hydroxylation sites is 1. The summed E-state index contributed by atoms with van der Waals surface area (Å²) < 4.78 is 6.75. The number of thiol groups is 1. The van der Waals surface area contributed by atoms with Crippen LogP contribution >= 0.6 is 12.6 Å². The molecule has 3 heteroatoms. The van der Waals surface area contributed by atoms with Crippen molar-refractivity contribution in [2.75, 3.05) is 5.32 Å². The van der Waals surface area contributed by atoms with Crippen molar-refractivity contribution < 1.29 is 4.42 Å². The molecule has 2 bridgehead atoms. The van der Waals surface area contributed by atoms with Gasteiger partial charge in [0, 0.05) is 32.4 Å². The summed E-state index contributed by atoms with van der Waals surface area (Å²) in [6, 6.07) is 58.1. The molecule has 0 unspecified atom stereocenters. The number of rotatable bonds is 4. The molecule has 0 radical (unpaired) electrons. The number of benzene rings is 7. The first kappa shape index (κ1) is 30.1. The summed E-state index contributed by atoms with van der Waals surface area (Å²) in [4.78, 5) is 0.946. The maximum absolute atomic E-state index is 6.75. The lowest BCUT2D eigenvalue weighted by molar-refractivity contribution is 0.575. The molecule has 8 aromatic rings. The second-order valence-electron chi connectivity index (χ2n) is 12.8. The number of hydrogen-bond donors (Lipinski definition) is 2. The Morgan fingerprint density at radius 2 is 1.06 bits per heavy atom. The van der Waals surface area contributed by atoms with E-state index in [1.807, 2.05) is 12.1 Å². The molecule has 0 saturated heterocycles. The van der Waals surface area contributed by atoms with Gasteiger partial charge >= 0.3 is 0 Å². The van der Waals surface area contributed by atoms with Gasteiger partial charge in [-0.1, -0.05) is 121 Å². The van der Waals surface area contributed by atoms with Crippen LogP contribution in [0.2, 0.25) is 0 Å². The highest BCUT2D eigenvalue weighted by molar-refractivity contribution is 7.80. The van der Waals surface area contributed by atoms with Crippen LogP contribution < -0.4 is 16.0 Å². The summed E-state index contributed by atoms with van der Waals surface area (Å²) in [5, 5.41) is 5.96. The molecular weight excluding hydrogens is 627 g/mol. The lowest BCUT2D eigenvalue weighted by Crippen LogP contribution is -2.26. The predicted molar refractivity (Wildman–Crippen MR) is 213 cm³/mol. The van der Waals surface area contributed by atoms with Crippen molar-refractivity contribution in [3.8, 4) is 55.6 Å². The fourth-order valence-corrected chi connectivity index (χ4v) is 7.55. The molecule has 0 aliphatic carbocycles. The van der Waals surface area contributed by atoms with E-state index in [-0.39, 0.29) is 0 Å². The lowest BCUT2D eigenvalue weighted by Gasteiger charge is -2.16. The largest absolute Gasteiger partial charge is 0.456 e. The Hall–Kier alpha value is -6.03. The highest BCUT2D eigenvalue weighted by atomic mass is 32.1. The first-order valence-corrected chi connectivity index (χ1v) is 17.3. The standard InChI is InChI=1S/C47H33NOS/c1-30-46-44(27-31-25-37(39-15-5-7-18-42(39)48-30)29-38(26-31)40-16-6-8-20-45(40)50)49-43-19-10-17-41(47(43)46)36-14-9-13-35(28-36)34-23-21-33(22-24-34)32-11-3-2-4-12-32/h2-29,48,50H,1H3/b44-27?,46-30-. The fraction of sp³-hybridized carbons (Fsp3) is 0.0213. The van der Waals surface area contributed by atoms with Crippen molar-refractivity contribution in [1.82, 2.24) is 0 Å². The number of nitrogens with one attached hydrogen (secondary N) is 1. The van der Waals surface area contributed by atoms with Crippen molar-refractivity contribution >= 4 is 41.1 Å². The zero-order valence-electron chi connectivity index (χ0n) is 27.5. The topological polar surface area (TPSA) is 25.2 Å². The maximum Gasteiger partial charge on any atom is 0.137 e. The van der Waals surface area contributed by atoms with Crippen LogP contribution in [0.5, 0.6) is 0 Å². The highest BCUT2D eigenvalue weighted by Gasteiger charge is 2.17. The normalized spacial score (nSPS) is 13.2. The molecule has 50 heavy (non-hydrogen) atoms. The molecule has 1 aliphatic rings. The van der Waals surface area contributed by atoms with E-state index in [0.29, 0.717) is 0 Å². The number of hydrogen-bond acceptors (Lipinski definition) is 3. The van der Waals surface area contributed by atoms with Crippen LogP contribution in [0, 0.1) is 0 Å². The Morgan fingerprint density at radius 1 is 0.480 bits per heavy atom. The van der Waals surface area contributed by atoms with E-state index in [2.05, 4.69) is 170 Å². The van der Waals surface area contributed by atoms with E-state index in [0.717, 1.165) is 76.8 Å². The van der Waals surface area contributed by atoms with Gasteiger partial charge in [0.15, 0.2) is 0 Å². The molecule has 1 N–H and O–H groups in total. The fourth-order valence-electron chi connectivity index (χ4n) is 7.26.